The van der Waals surface area contributed by atoms with Crippen molar-refractivity contribution in [3.05, 3.63) is 0 Å². The SMILES string of the molecule is FC1(F)COP2(=NP3(=NP(Cl)(Cl)=N2)NCCO3)OCC1(F)F. The lowest BCUT2D eigenvalue weighted by Crippen LogP contribution is -2.45. The van der Waals surface area contributed by atoms with Crippen molar-refractivity contribution in [2.45, 2.75) is 11.8 Å². The minimum absolute atomic E-state index is 0.223. The summed E-state index contributed by atoms with van der Waals surface area (Å²) in [6.07, 6.45) is 0. The number of hydrogen-bond acceptors (Lipinski definition) is 7. The summed E-state index contributed by atoms with van der Waals surface area (Å²) in [6.45, 7) is -2.65. The maximum atomic E-state index is 13.4. The van der Waals surface area contributed by atoms with E-state index in [0.717, 1.165) is 0 Å². The fourth-order valence-corrected chi connectivity index (χ4v) is 13.1. The molecule has 3 aliphatic heterocycles. The van der Waals surface area contributed by atoms with Crippen molar-refractivity contribution in [2.24, 2.45) is 13.5 Å². The molecular formula is C6H9Cl2F4N4O3P3. The molecule has 16 heteroatoms. The molecule has 22 heavy (non-hydrogen) atoms. The Morgan fingerprint density at radius 1 is 0.909 bits per heavy atom. The number of nitrogens with one attached hydrogen (secondary N) is 1. The van der Waals surface area contributed by atoms with Gasteiger partial charge in [0.15, 0.2) is 0 Å². The summed E-state index contributed by atoms with van der Waals surface area (Å²) < 4.78 is 80.3. The van der Waals surface area contributed by atoms with Crippen molar-refractivity contribution in [3.63, 3.8) is 0 Å². The molecule has 1 atom stereocenters. The Balaban J connectivity index is 2.09. The van der Waals surface area contributed by atoms with Crippen LogP contribution >= 0.6 is 43.6 Å². The lowest BCUT2D eigenvalue weighted by molar-refractivity contribution is -0.222. The predicted octanol–water partition coefficient (Wildman–Crippen LogP) is 5.25. The zero-order valence-electron chi connectivity index (χ0n) is 10.5. The summed E-state index contributed by atoms with van der Waals surface area (Å²) in [5, 5.41) is 2.81. The van der Waals surface area contributed by atoms with Gasteiger partial charge in [-0.2, -0.15) is 31.1 Å². The van der Waals surface area contributed by atoms with Crippen LogP contribution < -0.4 is 5.09 Å². The highest BCUT2D eigenvalue weighted by Crippen LogP contribution is 2.83. The fraction of sp³-hybridized carbons (Fsp3) is 1.00. The standard InChI is InChI=1S/C6H9Cl2F4N4O3P3/c7-20(8)14-21(13-1-2-17-21)16-22(15-20)18-3-5(9,10)6(11,12)4-19-22/h13H,1-4H2. The molecular weight excluding hydrogens is 416 g/mol. The van der Waals surface area contributed by atoms with E-state index in [-0.39, 0.29) is 6.61 Å². The van der Waals surface area contributed by atoms with Crippen LogP contribution in [0.25, 0.3) is 0 Å². The smallest absolute Gasteiger partial charge is 0.314 e. The van der Waals surface area contributed by atoms with Gasteiger partial charge in [0, 0.05) is 6.54 Å². The van der Waals surface area contributed by atoms with Crippen LogP contribution in [-0.2, 0) is 13.6 Å². The van der Waals surface area contributed by atoms with Gasteiger partial charge < -0.3 is 4.52 Å². The molecule has 0 aromatic heterocycles. The van der Waals surface area contributed by atoms with Crippen LogP contribution in [0.15, 0.2) is 13.5 Å². The quantitative estimate of drug-likeness (QED) is 0.425. The van der Waals surface area contributed by atoms with E-state index in [1.165, 1.54) is 0 Å². The number of halogens is 6. The Morgan fingerprint density at radius 3 is 2.00 bits per heavy atom. The Labute approximate surface area is 132 Å². The molecule has 2 spiro atoms. The molecule has 3 heterocycles. The number of hydrogen-bond donors (Lipinski definition) is 1. The highest BCUT2D eigenvalue weighted by molar-refractivity contribution is 8.13. The first-order valence-corrected chi connectivity index (χ1v) is 12.4. The average molecular weight is 425 g/mol. The summed E-state index contributed by atoms with van der Waals surface area (Å²) in [5.41, 5.74) is 0. The maximum Gasteiger partial charge on any atom is 0.346 e. The summed E-state index contributed by atoms with van der Waals surface area (Å²) in [7, 11) is -6.98. The monoisotopic (exact) mass is 424 g/mol. The van der Waals surface area contributed by atoms with Gasteiger partial charge in [0.25, 0.3) is 13.5 Å². The molecule has 3 rings (SSSR count). The van der Waals surface area contributed by atoms with Crippen molar-refractivity contribution < 1.29 is 31.1 Å². The fourth-order valence-electron chi connectivity index (χ4n) is 1.70. The van der Waals surface area contributed by atoms with E-state index in [4.69, 9.17) is 36.1 Å². The third-order valence-corrected chi connectivity index (χ3v) is 12.8. The maximum absolute atomic E-state index is 13.4. The van der Waals surface area contributed by atoms with Crippen LogP contribution in [0, 0.1) is 0 Å². The zero-order chi connectivity index (χ0) is 16.3. The lowest BCUT2D eigenvalue weighted by atomic mass is 10.2. The van der Waals surface area contributed by atoms with Gasteiger partial charge in [0.2, 0.25) is 0 Å². The van der Waals surface area contributed by atoms with Crippen molar-refractivity contribution in [1.82, 2.24) is 5.09 Å². The van der Waals surface area contributed by atoms with E-state index in [1.807, 2.05) is 0 Å². The molecule has 128 valence electrons. The predicted molar refractivity (Wildman–Crippen MR) is 75.5 cm³/mol. The van der Waals surface area contributed by atoms with Crippen LogP contribution in [0.5, 0.6) is 0 Å². The van der Waals surface area contributed by atoms with Gasteiger partial charge in [-0.05, 0) is 22.5 Å². The Kier molecular flexibility index (Phi) is 4.34. The minimum Gasteiger partial charge on any atom is -0.314 e. The Morgan fingerprint density at radius 2 is 1.50 bits per heavy atom. The van der Waals surface area contributed by atoms with Gasteiger partial charge in [0.05, 0.1) is 6.61 Å². The molecule has 0 radical (unpaired) electrons. The molecule has 0 amide bonds. The van der Waals surface area contributed by atoms with Crippen LogP contribution in [0.3, 0.4) is 0 Å². The Bertz CT molecular complexity index is 636. The highest BCUT2D eigenvalue weighted by atomic mass is 35.9. The molecule has 0 aliphatic carbocycles. The normalized spacial score (nSPS) is 37.9. The van der Waals surface area contributed by atoms with E-state index < -0.39 is 46.2 Å². The molecule has 1 N–H and O–H groups in total. The van der Waals surface area contributed by atoms with Crippen LogP contribution in [-0.4, -0.2) is 38.2 Å². The Hall–Kier alpha value is 0.830. The molecule has 2 fully saturated rings. The summed E-state index contributed by atoms with van der Waals surface area (Å²) in [6, 6.07) is 0. The van der Waals surface area contributed by atoms with Crippen molar-refractivity contribution >= 4 is 43.6 Å². The topological polar surface area (TPSA) is 76.8 Å². The van der Waals surface area contributed by atoms with Gasteiger partial charge in [-0.25, -0.2) is 5.09 Å². The highest BCUT2D eigenvalue weighted by Gasteiger charge is 2.61. The van der Waals surface area contributed by atoms with Gasteiger partial charge in [0.1, 0.15) is 13.2 Å². The minimum atomic E-state index is -4.43. The van der Waals surface area contributed by atoms with Gasteiger partial charge in [-0.3, -0.25) is 9.05 Å². The van der Waals surface area contributed by atoms with E-state index >= 15 is 0 Å². The van der Waals surface area contributed by atoms with Crippen molar-refractivity contribution in [3.8, 4) is 0 Å². The number of rotatable bonds is 0. The second-order valence-electron chi connectivity index (χ2n) is 4.46. The third kappa shape index (κ3) is 3.17. The lowest BCUT2D eigenvalue weighted by Gasteiger charge is -2.26. The van der Waals surface area contributed by atoms with Crippen LogP contribution in [0.4, 0.5) is 17.6 Å². The largest absolute Gasteiger partial charge is 0.346 e. The third-order valence-electron chi connectivity index (χ3n) is 2.74. The molecule has 1 unspecified atom stereocenters. The second-order valence-corrected chi connectivity index (χ2v) is 14.0. The zero-order valence-corrected chi connectivity index (χ0v) is 14.7. The molecule has 0 bridgehead atoms. The van der Waals surface area contributed by atoms with E-state index in [0.29, 0.717) is 6.54 Å². The first kappa shape index (κ1) is 17.6. The van der Waals surface area contributed by atoms with Gasteiger partial charge in [-0.15, -0.1) is 0 Å². The van der Waals surface area contributed by atoms with E-state index in [2.05, 4.69) is 18.6 Å². The molecule has 0 saturated carbocycles. The van der Waals surface area contributed by atoms with Crippen LogP contribution in [0.2, 0.25) is 0 Å². The second kappa shape index (κ2) is 5.41. The van der Waals surface area contributed by atoms with Crippen molar-refractivity contribution in [1.29, 1.82) is 0 Å². The van der Waals surface area contributed by atoms with Crippen molar-refractivity contribution in [2.75, 3.05) is 26.4 Å². The van der Waals surface area contributed by atoms with Crippen LogP contribution in [0.1, 0.15) is 0 Å². The summed E-state index contributed by atoms with van der Waals surface area (Å²) >= 11 is 11.9. The first-order valence-electron chi connectivity index (χ1n) is 5.74. The number of alkyl halides is 4. The molecule has 0 aromatic rings. The molecule has 3 aliphatic rings. The molecule has 2 saturated heterocycles. The summed E-state index contributed by atoms with van der Waals surface area (Å²) in [4.78, 5) is 0. The first-order chi connectivity index (χ1) is 9.99. The molecule has 7 nitrogen and oxygen atoms in total. The van der Waals surface area contributed by atoms with E-state index in [9.17, 15) is 17.6 Å². The van der Waals surface area contributed by atoms with Gasteiger partial charge >= 0.3 is 19.5 Å². The number of nitrogens with zero attached hydrogens (tertiary/aromatic N) is 3. The van der Waals surface area contributed by atoms with Gasteiger partial charge in [-0.1, -0.05) is 0 Å². The average Bonchev–Trinajstić information content (AvgIpc) is 2.76. The van der Waals surface area contributed by atoms with E-state index in [1.54, 1.807) is 0 Å². The molecule has 0 aromatic carbocycles. The summed E-state index contributed by atoms with van der Waals surface area (Å²) in [5.74, 6) is -12.3.